The van der Waals surface area contributed by atoms with E-state index < -0.39 is 0 Å². The summed E-state index contributed by atoms with van der Waals surface area (Å²) in [5.41, 5.74) is 0.563. The number of rotatable bonds is 4. The Labute approximate surface area is 90.0 Å². The van der Waals surface area contributed by atoms with Crippen molar-refractivity contribution >= 4 is 5.97 Å². The average molecular weight is 206 g/mol. The van der Waals surface area contributed by atoms with E-state index >= 15 is 0 Å². The van der Waals surface area contributed by atoms with Crippen LogP contribution in [0, 0.1) is 0 Å². The third kappa shape index (κ3) is 3.54. The van der Waals surface area contributed by atoms with Crippen molar-refractivity contribution in [2.24, 2.45) is 0 Å². The number of hydrogen-bond donors (Lipinski definition) is 0. The minimum Gasteiger partial charge on any atom is -0.459 e. The number of ether oxygens (including phenoxy) is 1. The molecule has 15 heavy (non-hydrogen) atoms. The van der Waals surface area contributed by atoms with E-state index in [2.05, 4.69) is 6.58 Å². The maximum Gasteiger partial charge on any atom is 0.344 e. The van der Waals surface area contributed by atoms with Gasteiger partial charge < -0.3 is 4.74 Å². The molecule has 0 atom stereocenters. The number of carbonyl (C=O) groups excluding carboxylic acids is 1. The summed E-state index contributed by atoms with van der Waals surface area (Å²) in [7, 11) is 0. The molecule has 0 radical (unpaired) electrons. The summed E-state index contributed by atoms with van der Waals surface area (Å²) in [6, 6.07) is 3.56. The normalized spacial score (nSPS) is 10.1. The topological polar surface area (TPSA) is 30.2 Å². The molecule has 1 heterocycles. The number of nitrogens with zero attached hydrogens (tertiary/aromatic N) is 1. The molecule has 1 rings (SSSR count). The van der Waals surface area contributed by atoms with Crippen molar-refractivity contribution in [2.75, 3.05) is 0 Å². The molecule has 0 saturated heterocycles. The van der Waals surface area contributed by atoms with Gasteiger partial charge in [-0.05, 0) is 26.0 Å². The highest BCUT2D eigenvalue weighted by atomic mass is 16.5. The molecule has 80 valence electrons. The molecule has 0 N–H and O–H groups in total. The molecule has 1 aromatic heterocycles. The van der Waals surface area contributed by atoms with Crippen LogP contribution in [-0.4, -0.2) is 12.1 Å². The zero-order valence-electron chi connectivity index (χ0n) is 9.14. The largest absolute Gasteiger partial charge is 0.459 e. The molecule has 0 aliphatic carbocycles. The fourth-order valence-corrected chi connectivity index (χ4v) is 1.19. The Balaban J connectivity index is 2.80. The van der Waals surface area contributed by atoms with Gasteiger partial charge in [-0.25, -0.2) is 9.36 Å². The summed E-state index contributed by atoms with van der Waals surface area (Å²) >= 11 is 0. The fraction of sp³-hybridized carbons (Fsp3) is 0.333. The van der Waals surface area contributed by atoms with Crippen LogP contribution >= 0.6 is 0 Å². The first-order valence-corrected chi connectivity index (χ1v) is 4.94. The molecule has 0 aliphatic rings. The molecule has 1 aromatic rings. The maximum absolute atomic E-state index is 11.6. The van der Waals surface area contributed by atoms with Gasteiger partial charge in [0.1, 0.15) is 5.56 Å². The minimum atomic E-state index is -0.289. The zero-order valence-corrected chi connectivity index (χ0v) is 9.14. The second-order valence-electron chi connectivity index (χ2n) is 3.53. The molecule has 0 fully saturated rings. The first-order valence-electron chi connectivity index (χ1n) is 4.94. The summed E-state index contributed by atoms with van der Waals surface area (Å²) in [5, 5.41) is 0. The summed E-state index contributed by atoms with van der Waals surface area (Å²) in [6.07, 6.45) is 5.32. The van der Waals surface area contributed by atoms with E-state index in [4.69, 9.17) is 4.74 Å². The number of aromatic nitrogens is 1. The van der Waals surface area contributed by atoms with Crippen molar-refractivity contribution in [1.29, 1.82) is 0 Å². The Kier molecular flexibility index (Phi) is 4.03. The lowest BCUT2D eigenvalue weighted by atomic mass is 10.3. The third-order valence-electron chi connectivity index (χ3n) is 1.78. The lowest BCUT2D eigenvalue weighted by Gasteiger charge is -2.06. The van der Waals surface area contributed by atoms with Crippen LogP contribution in [0.2, 0.25) is 0 Å². The Bertz CT molecular complexity index is 358. The molecule has 0 spiro atoms. The van der Waals surface area contributed by atoms with Crippen LogP contribution in [0.3, 0.4) is 0 Å². The van der Waals surface area contributed by atoms with Crippen LogP contribution in [-0.2, 0) is 11.3 Å². The van der Waals surface area contributed by atoms with Gasteiger partial charge in [0.15, 0.2) is 18.9 Å². The molecule has 0 aliphatic heterocycles. The van der Waals surface area contributed by atoms with Crippen LogP contribution in [0.4, 0.5) is 0 Å². The van der Waals surface area contributed by atoms with Gasteiger partial charge in [0.25, 0.3) is 0 Å². The highest BCUT2D eigenvalue weighted by molar-refractivity contribution is 5.88. The van der Waals surface area contributed by atoms with Crippen molar-refractivity contribution in [3.05, 3.63) is 42.7 Å². The van der Waals surface area contributed by atoms with E-state index in [0.717, 1.165) is 0 Å². The highest BCUT2D eigenvalue weighted by Crippen LogP contribution is 2.00. The van der Waals surface area contributed by atoms with Crippen LogP contribution in [0.1, 0.15) is 24.2 Å². The van der Waals surface area contributed by atoms with Gasteiger partial charge in [0.05, 0.1) is 6.10 Å². The van der Waals surface area contributed by atoms with Gasteiger partial charge in [-0.3, -0.25) is 0 Å². The second-order valence-corrected chi connectivity index (χ2v) is 3.53. The number of esters is 1. The standard InChI is InChI=1S/C12H16NO2/c1-4-7-13-8-5-6-11(9-13)12(14)15-10(2)3/h4-6,8-10H,1,7H2,2-3H3/q+1. The van der Waals surface area contributed by atoms with E-state index in [0.29, 0.717) is 12.1 Å². The Morgan fingerprint density at radius 1 is 1.67 bits per heavy atom. The predicted octanol–water partition coefficient (Wildman–Crippen LogP) is 1.73. The van der Waals surface area contributed by atoms with Crippen molar-refractivity contribution in [3.63, 3.8) is 0 Å². The van der Waals surface area contributed by atoms with Gasteiger partial charge >= 0.3 is 5.97 Å². The van der Waals surface area contributed by atoms with Gasteiger partial charge in [-0.15, -0.1) is 0 Å². The number of allylic oxidation sites excluding steroid dienone is 1. The Morgan fingerprint density at radius 2 is 2.40 bits per heavy atom. The first-order chi connectivity index (χ1) is 7.13. The monoisotopic (exact) mass is 206 g/mol. The Hall–Kier alpha value is -1.64. The number of pyridine rings is 1. The van der Waals surface area contributed by atoms with E-state index in [1.807, 2.05) is 30.7 Å². The van der Waals surface area contributed by atoms with Gasteiger partial charge in [0.2, 0.25) is 0 Å². The number of hydrogen-bond acceptors (Lipinski definition) is 2. The Morgan fingerprint density at radius 3 is 3.00 bits per heavy atom. The predicted molar refractivity (Wildman–Crippen MR) is 57.4 cm³/mol. The minimum absolute atomic E-state index is 0.0921. The number of carbonyl (C=O) groups is 1. The third-order valence-corrected chi connectivity index (χ3v) is 1.78. The van der Waals surface area contributed by atoms with Crippen molar-refractivity contribution in [3.8, 4) is 0 Å². The van der Waals surface area contributed by atoms with Gasteiger partial charge in [0, 0.05) is 6.07 Å². The van der Waals surface area contributed by atoms with Crippen molar-refractivity contribution < 1.29 is 14.1 Å². The summed E-state index contributed by atoms with van der Waals surface area (Å²) in [6.45, 7) is 7.99. The molecule has 0 bridgehead atoms. The van der Waals surface area contributed by atoms with Crippen LogP contribution in [0.15, 0.2) is 37.2 Å². The summed E-state index contributed by atoms with van der Waals surface area (Å²) < 4.78 is 6.97. The van der Waals surface area contributed by atoms with Gasteiger partial charge in [-0.2, -0.15) is 0 Å². The average Bonchev–Trinajstić information content (AvgIpc) is 2.17. The molecular formula is C12H16NO2+. The highest BCUT2D eigenvalue weighted by Gasteiger charge is 2.12. The SMILES string of the molecule is C=CC[n+]1cccc(C(=O)OC(C)C)c1. The van der Waals surface area contributed by atoms with Crippen molar-refractivity contribution in [1.82, 2.24) is 0 Å². The summed E-state index contributed by atoms with van der Waals surface area (Å²) in [5.74, 6) is -0.289. The van der Waals surface area contributed by atoms with E-state index in [1.54, 1.807) is 18.3 Å². The van der Waals surface area contributed by atoms with Crippen LogP contribution in [0.5, 0.6) is 0 Å². The first kappa shape index (κ1) is 11.4. The molecule has 3 nitrogen and oxygen atoms in total. The lowest BCUT2D eigenvalue weighted by Crippen LogP contribution is -2.33. The smallest absolute Gasteiger partial charge is 0.344 e. The lowest BCUT2D eigenvalue weighted by molar-refractivity contribution is -0.687. The molecule has 0 unspecified atom stereocenters. The summed E-state index contributed by atoms with van der Waals surface area (Å²) in [4.78, 5) is 11.6. The molecule has 0 saturated carbocycles. The van der Waals surface area contributed by atoms with Crippen LogP contribution in [0.25, 0.3) is 0 Å². The van der Waals surface area contributed by atoms with E-state index in [9.17, 15) is 4.79 Å². The fourth-order valence-electron chi connectivity index (χ4n) is 1.19. The zero-order chi connectivity index (χ0) is 11.3. The van der Waals surface area contributed by atoms with Gasteiger partial charge in [-0.1, -0.05) is 6.58 Å². The molecule has 0 aromatic carbocycles. The van der Waals surface area contributed by atoms with E-state index in [1.165, 1.54) is 0 Å². The second kappa shape index (κ2) is 5.29. The van der Waals surface area contributed by atoms with Crippen molar-refractivity contribution in [2.45, 2.75) is 26.5 Å². The quantitative estimate of drug-likeness (QED) is 0.426. The molecule has 0 amide bonds. The van der Waals surface area contributed by atoms with E-state index in [-0.39, 0.29) is 12.1 Å². The molecule has 3 heteroatoms. The maximum atomic E-state index is 11.6. The van der Waals surface area contributed by atoms with Crippen LogP contribution < -0.4 is 4.57 Å². The molecular weight excluding hydrogens is 190 g/mol.